The van der Waals surface area contributed by atoms with Gasteiger partial charge in [0.05, 0.1) is 0 Å². The third kappa shape index (κ3) is 10.3. The maximum atomic E-state index is 3.38. The molecule has 3 heteroatoms. The summed E-state index contributed by atoms with van der Waals surface area (Å²) in [4.78, 5) is 0. The predicted molar refractivity (Wildman–Crippen MR) is 192 cm³/mol. The zero-order chi connectivity index (χ0) is 30.9. The second-order valence-corrected chi connectivity index (χ2v) is 12.0. The Balaban J connectivity index is 0.000000400. The number of halogens is 2. The molecule has 0 amide bonds. The van der Waals surface area contributed by atoms with Crippen LogP contribution >= 0.6 is 0 Å². The molecule has 0 aliphatic rings. The van der Waals surface area contributed by atoms with Gasteiger partial charge in [0.2, 0.25) is 0 Å². The number of rotatable bonds is 6. The van der Waals surface area contributed by atoms with Crippen LogP contribution in [0.4, 0.5) is 0 Å². The fourth-order valence-corrected chi connectivity index (χ4v) is 5.60. The molecule has 242 valence electrons. The molecule has 6 aromatic rings. The second kappa shape index (κ2) is 20.0. The molecule has 0 heterocycles. The molecular formula is C43H48Cl2Zr-4. The van der Waals surface area contributed by atoms with Gasteiger partial charge in [-0.2, -0.15) is 12.1 Å². The van der Waals surface area contributed by atoms with E-state index in [1.54, 1.807) is 0 Å². The third-order valence-corrected chi connectivity index (χ3v) is 8.21. The van der Waals surface area contributed by atoms with Crippen molar-refractivity contribution in [2.75, 3.05) is 0 Å². The molecule has 0 aliphatic heterocycles. The van der Waals surface area contributed by atoms with Gasteiger partial charge in [0.1, 0.15) is 0 Å². The molecule has 46 heavy (non-hydrogen) atoms. The zero-order valence-corrected chi connectivity index (χ0v) is 32.3. The van der Waals surface area contributed by atoms with E-state index in [4.69, 9.17) is 0 Å². The average molecular weight is 727 g/mol. The van der Waals surface area contributed by atoms with E-state index in [-0.39, 0.29) is 51.0 Å². The first kappa shape index (κ1) is 41.6. The molecule has 6 aromatic carbocycles. The maximum Gasteiger partial charge on any atom is 2.00 e. The topological polar surface area (TPSA) is 0 Å². The fourth-order valence-electron chi connectivity index (χ4n) is 5.60. The minimum Gasteiger partial charge on any atom is -1.00 e. The summed E-state index contributed by atoms with van der Waals surface area (Å²) in [6.45, 7) is 20.1. The molecule has 0 saturated heterocycles. The Morgan fingerprint density at radius 3 is 1.15 bits per heavy atom. The molecule has 0 spiro atoms. The van der Waals surface area contributed by atoms with Crippen LogP contribution in [0.3, 0.4) is 0 Å². The van der Waals surface area contributed by atoms with Gasteiger partial charge >= 0.3 is 26.2 Å². The van der Waals surface area contributed by atoms with E-state index in [1.807, 2.05) is 0 Å². The van der Waals surface area contributed by atoms with Crippen LogP contribution in [-0.4, -0.2) is 0 Å². The van der Waals surface area contributed by atoms with E-state index >= 15 is 0 Å². The molecule has 0 unspecified atom stereocenters. The summed E-state index contributed by atoms with van der Waals surface area (Å²) in [5.41, 5.74) is 11.0. The minimum absolute atomic E-state index is 0. The monoisotopic (exact) mass is 724 g/mol. The molecule has 0 fully saturated rings. The number of fused-ring (bicyclic) bond motifs is 2. The first-order valence-electron chi connectivity index (χ1n) is 15.9. The van der Waals surface area contributed by atoms with Crippen molar-refractivity contribution in [1.82, 2.24) is 0 Å². The van der Waals surface area contributed by atoms with Crippen LogP contribution in [0.1, 0.15) is 82.1 Å². The van der Waals surface area contributed by atoms with Gasteiger partial charge < -0.3 is 45.1 Å². The minimum atomic E-state index is 0. The van der Waals surface area contributed by atoms with E-state index in [9.17, 15) is 0 Å². The van der Waals surface area contributed by atoms with Gasteiger partial charge in [0, 0.05) is 0 Å². The smallest absolute Gasteiger partial charge is 1.00 e. The average Bonchev–Trinajstić information content (AvgIpc) is 3.66. The summed E-state index contributed by atoms with van der Waals surface area (Å²) in [7, 11) is 0. The summed E-state index contributed by atoms with van der Waals surface area (Å²) in [5.74, 6) is 1.18. The van der Waals surface area contributed by atoms with Crippen LogP contribution in [0, 0.1) is 13.8 Å². The summed E-state index contributed by atoms with van der Waals surface area (Å²) >= 11 is 0. The first-order chi connectivity index (χ1) is 20.8. The Morgan fingerprint density at radius 1 is 0.543 bits per heavy atom. The van der Waals surface area contributed by atoms with Crippen molar-refractivity contribution in [3.05, 3.63) is 145 Å². The van der Waals surface area contributed by atoms with Crippen LogP contribution in [0.25, 0.3) is 43.8 Å². The molecule has 0 bridgehead atoms. The van der Waals surface area contributed by atoms with Crippen molar-refractivity contribution in [3.63, 3.8) is 0 Å². The second-order valence-electron chi connectivity index (χ2n) is 12.0. The first-order valence-corrected chi connectivity index (χ1v) is 15.9. The van der Waals surface area contributed by atoms with Crippen LogP contribution in [0.15, 0.2) is 109 Å². The fraction of sp³-hybridized carbons (Fsp3) is 0.256. The van der Waals surface area contributed by atoms with Crippen molar-refractivity contribution in [3.8, 4) is 22.3 Å². The standard InChI is InChI=1S/2C20H21.C3H6.2ClH.Zr/c2*1-4-15-12-18-6-5-7-19(20(18)13-15)17-10-8-16(9-11-17)14(2)3;1-3-2;;;/h2*5-14H,4H2,1-3H3;1-3H2;2*1H;/q2*-1;-2;;;+2/p-2. The SMILES string of the molecule is CCc1cc2c(-c3ccc(C(C)C)cc3)cccc2[cH-]1.CCc1cc2c(-c3ccc(C(C)C)cc3)cccc2[cH-]1.[CH2-]C[CH2-].[Cl-].[Cl-].[Zr+2]. The number of hydrogen-bond donors (Lipinski definition) is 0. The van der Waals surface area contributed by atoms with Gasteiger partial charge in [-0.15, -0.1) is 69.1 Å². The molecule has 0 aromatic heterocycles. The van der Waals surface area contributed by atoms with Gasteiger partial charge in [-0.3, -0.25) is 0 Å². The Bertz CT molecular complexity index is 1590. The Morgan fingerprint density at radius 2 is 0.870 bits per heavy atom. The number of aryl methyl sites for hydroxylation is 2. The molecule has 6 rings (SSSR count). The normalized spacial score (nSPS) is 10.3. The molecule has 0 N–H and O–H groups in total. The summed E-state index contributed by atoms with van der Waals surface area (Å²) in [6, 6.07) is 40.5. The van der Waals surface area contributed by atoms with E-state index in [1.165, 1.54) is 66.1 Å². The Kier molecular flexibility index (Phi) is 18.1. The van der Waals surface area contributed by atoms with Crippen molar-refractivity contribution in [2.24, 2.45) is 0 Å². The van der Waals surface area contributed by atoms with Crippen LogP contribution in [0.5, 0.6) is 0 Å². The van der Waals surface area contributed by atoms with Crippen molar-refractivity contribution >= 4 is 21.5 Å². The Labute approximate surface area is 310 Å². The van der Waals surface area contributed by atoms with Crippen LogP contribution in [0.2, 0.25) is 0 Å². The summed E-state index contributed by atoms with van der Waals surface area (Å²) < 4.78 is 0. The van der Waals surface area contributed by atoms with Gasteiger partial charge in [-0.25, -0.2) is 0 Å². The zero-order valence-electron chi connectivity index (χ0n) is 28.3. The molecular weight excluding hydrogens is 679 g/mol. The predicted octanol–water partition coefficient (Wildman–Crippen LogP) is 6.87. The molecule has 0 nitrogen and oxygen atoms in total. The number of hydrogen-bond acceptors (Lipinski definition) is 0. The summed E-state index contributed by atoms with van der Waals surface area (Å²) in [6.07, 6.45) is 2.95. The van der Waals surface area contributed by atoms with Crippen LogP contribution in [-0.2, 0) is 39.0 Å². The third-order valence-electron chi connectivity index (χ3n) is 8.21. The molecule has 0 radical (unpaired) electrons. The molecule has 0 atom stereocenters. The quantitative estimate of drug-likeness (QED) is 0.165. The van der Waals surface area contributed by atoms with Crippen molar-refractivity contribution in [2.45, 2.75) is 72.6 Å². The molecule has 0 aliphatic carbocycles. The Hall–Kier alpha value is -2.44. The van der Waals surface area contributed by atoms with Gasteiger partial charge in [0.15, 0.2) is 0 Å². The van der Waals surface area contributed by atoms with Crippen molar-refractivity contribution in [1.29, 1.82) is 0 Å². The molecule has 0 saturated carbocycles. The van der Waals surface area contributed by atoms with Crippen LogP contribution < -0.4 is 24.8 Å². The van der Waals surface area contributed by atoms with E-state index in [0.29, 0.717) is 11.8 Å². The van der Waals surface area contributed by atoms with Gasteiger partial charge in [-0.05, 0) is 46.9 Å². The van der Waals surface area contributed by atoms with Crippen molar-refractivity contribution < 1.29 is 51.0 Å². The summed E-state index contributed by atoms with van der Waals surface area (Å²) in [5, 5.41) is 5.46. The van der Waals surface area contributed by atoms with Gasteiger partial charge in [-0.1, -0.05) is 113 Å². The van der Waals surface area contributed by atoms with E-state index in [2.05, 4.69) is 165 Å². The van der Waals surface area contributed by atoms with Gasteiger partial charge in [0.25, 0.3) is 0 Å². The van der Waals surface area contributed by atoms with E-state index < -0.39 is 0 Å². The van der Waals surface area contributed by atoms with E-state index in [0.717, 1.165) is 19.3 Å². The number of benzene rings is 4. The largest absolute Gasteiger partial charge is 2.00 e. The maximum absolute atomic E-state index is 3.38.